The first-order valence-corrected chi connectivity index (χ1v) is 12.8. The van der Waals surface area contributed by atoms with Crippen molar-refractivity contribution in [2.45, 2.75) is 12.8 Å². The lowest BCUT2D eigenvalue weighted by atomic mass is 10.0. The van der Waals surface area contributed by atoms with Gasteiger partial charge in [0.2, 0.25) is 0 Å². The predicted octanol–water partition coefficient (Wildman–Crippen LogP) is 7.70. The van der Waals surface area contributed by atoms with E-state index in [0.717, 1.165) is 33.1 Å². The number of ether oxygens (including phenoxy) is 1. The molecular weight excluding hydrogens is 527 g/mol. The van der Waals surface area contributed by atoms with Gasteiger partial charge in [0.15, 0.2) is 5.82 Å². The number of alkyl halides is 3. The normalized spacial score (nSPS) is 11.9. The largest absolute Gasteiger partial charge is 0.488 e. The van der Waals surface area contributed by atoms with Crippen molar-refractivity contribution in [1.29, 1.82) is 0 Å². The van der Waals surface area contributed by atoms with Gasteiger partial charge in [0.25, 0.3) is 5.56 Å². The van der Waals surface area contributed by atoms with Gasteiger partial charge in [-0.3, -0.25) is 4.79 Å². The molecule has 202 valence electrons. The fourth-order valence-corrected chi connectivity index (χ4v) is 4.64. The summed E-state index contributed by atoms with van der Waals surface area (Å²) in [5, 5.41) is 6.58. The number of hydrogen-bond acceptors (Lipinski definition) is 4. The Labute approximate surface area is 232 Å². The standard InChI is InChI=1S/C33H22F3N3O2/c34-33(35,36)25-13-8-12-24(19-25)31-38-29-16-7-6-15-27(29)32(40)39(31)37-20-28-26-14-5-4-11-23(26)17-18-30(28)41-21-22-9-2-1-3-10-22/h1-20H,21H2. The molecule has 0 unspecified atom stereocenters. The third kappa shape index (κ3) is 5.32. The Morgan fingerprint density at radius 3 is 2.34 bits per heavy atom. The Bertz CT molecular complexity index is 1970. The van der Waals surface area contributed by atoms with Gasteiger partial charge in [-0.25, -0.2) is 4.98 Å². The summed E-state index contributed by atoms with van der Waals surface area (Å²) in [5.41, 5.74) is 0.705. The SMILES string of the molecule is O=c1c2ccccc2nc(-c2cccc(C(F)(F)F)c2)n1N=Cc1c(OCc2ccccc2)ccc2ccccc12. The van der Waals surface area contributed by atoms with E-state index in [1.54, 1.807) is 24.3 Å². The Balaban J connectivity index is 1.52. The molecule has 0 saturated heterocycles. The van der Waals surface area contributed by atoms with Crippen LogP contribution >= 0.6 is 0 Å². The molecule has 0 atom stereocenters. The number of halogens is 3. The maximum Gasteiger partial charge on any atom is 0.416 e. The van der Waals surface area contributed by atoms with Gasteiger partial charge in [-0.2, -0.15) is 22.9 Å². The van der Waals surface area contributed by atoms with Gasteiger partial charge < -0.3 is 4.74 Å². The van der Waals surface area contributed by atoms with E-state index in [0.29, 0.717) is 28.8 Å². The molecule has 0 aliphatic rings. The van der Waals surface area contributed by atoms with Crippen molar-refractivity contribution in [2.24, 2.45) is 5.10 Å². The average Bonchev–Trinajstić information content (AvgIpc) is 3.00. The van der Waals surface area contributed by atoms with E-state index in [9.17, 15) is 18.0 Å². The highest BCUT2D eigenvalue weighted by Gasteiger charge is 2.31. The molecule has 0 amide bonds. The van der Waals surface area contributed by atoms with Gasteiger partial charge in [0.1, 0.15) is 12.4 Å². The number of nitrogens with zero attached hydrogens (tertiary/aromatic N) is 3. The second-order valence-corrected chi connectivity index (χ2v) is 9.37. The molecule has 0 N–H and O–H groups in total. The molecule has 5 aromatic carbocycles. The number of fused-ring (bicyclic) bond motifs is 2. The van der Waals surface area contributed by atoms with E-state index in [2.05, 4.69) is 10.1 Å². The van der Waals surface area contributed by atoms with Crippen LogP contribution in [0.2, 0.25) is 0 Å². The van der Waals surface area contributed by atoms with Gasteiger partial charge in [0, 0.05) is 11.1 Å². The first-order chi connectivity index (χ1) is 19.9. The van der Waals surface area contributed by atoms with Crippen LogP contribution in [0.15, 0.2) is 125 Å². The van der Waals surface area contributed by atoms with Crippen LogP contribution in [0.3, 0.4) is 0 Å². The summed E-state index contributed by atoms with van der Waals surface area (Å²) < 4.78 is 47.8. The summed E-state index contributed by atoms with van der Waals surface area (Å²) in [7, 11) is 0. The topological polar surface area (TPSA) is 56.5 Å². The lowest BCUT2D eigenvalue weighted by Gasteiger charge is -2.14. The first-order valence-electron chi connectivity index (χ1n) is 12.8. The average molecular weight is 550 g/mol. The van der Waals surface area contributed by atoms with Crippen LogP contribution in [0, 0.1) is 0 Å². The Morgan fingerprint density at radius 2 is 1.54 bits per heavy atom. The Hall–Kier alpha value is -5.24. The minimum atomic E-state index is -4.56. The molecule has 1 heterocycles. The van der Waals surface area contributed by atoms with E-state index >= 15 is 0 Å². The molecule has 1 aromatic heterocycles. The van der Waals surface area contributed by atoms with Crippen LogP contribution in [-0.2, 0) is 12.8 Å². The Morgan fingerprint density at radius 1 is 0.805 bits per heavy atom. The van der Waals surface area contributed by atoms with E-state index < -0.39 is 17.3 Å². The number of hydrogen-bond donors (Lipinski definition) is 0. The molecule has 8 heteroatoms. The van der Waals surface area contributed by atoms with Crippen molar-refractivity contribution in [3.05, 3.63) is 142 Å². The molecule has 5 nitrogen and oxygen atoms in total. The third-order valence-corrected chi connectivity index (χ3v) is 6.67. The van der Waals surface area contributed by atoms with Crippen molar-refractivity contribution in [2.75, 3.05) is 0 Å². The highest BCUT2D eigenvalue weighted by Crippen LogP contribution is 2.32. The number of aromatic nitrogens is 2. The Kier molecular flexibility index (Phi) is 6.81. The zero-order chi connectivity index (χ0) is 28.4. The fourth-order valence-electron chi connectivity index (χ4n) is 4.64. The second kappa shape index (κ2) is 10.7. The molecule has 6 aromatic rings. The molecule has 0 spiro atoms. The predicted molar refractivity (Wildman–Crippen MR) is 154 cm³/mol. The van der Waals surface area contributed by atoms with Crippen LogP contribution in [0.1, 0.15) is 16.7 Å². The fraction of sp³-hybridized carbons (Fsp3) is 0.0606. The van der Waals surface area contributed by atoms with E-state index in [4.69, 9.17) is 4.74 Å². The first kappa shape index (κ1) is 26.0. The van der Waals surface area contributed by atoms with Crippen molar-refractivity contribution in [1.82, 2.24) is 9.66 Å². The summed E-state index contributed by atoms with van der Waals surface area (Å²) in [6.45, 7) is 0.312. The van der Waals surface area contributed by atoms with Crippen LogP contribution in [-0.4, -0.2) is 15.9 Å². The minimum absolute atomic E-state index is 0.0111. The molecule has 6 rings (SSSR count). The lowest BCUT2D eigenvalue weighted by Crippen LogP contribution is -2.20. The quantitative estimate of drug-likeness (QED) is 0.200. The maximum atomic E-state index is 13.6. The summed E-state index contributed by atoms with van der Waals surface area (Å²) in [6, 6.07) is 32.5. The maximum absolute atomic E-state index is 13.6. The van der Waals surface area contributed by atoms with Crippen LogP contribution in [0.5, 0.6) is 5.75 Å². The third-order valence-electron chi connectivity index (χ3n) is 6.67. The second-order valence-electron chi connectivity index (χ2n) is 9.37. The molecule has 0 radical (unpaired) electrons. The summed E-state index contributed by atoms with van der Waals surface area (Å²) in [4.78, 5) is 18.2. The van der Waals surface area contributed by atoms with Gasteiger partial charge in [-0.05, 0) is 46.7 Å². The highest BCUT2D eigenvalue weighted by molar-refractivity contribution is 6.02. The van der Waals surface area contributed by atoms with Crippen LogP contribution in [0.25, 0.3) is 33.1 Å². The molecule has 0 saturated carbocycles. The van der Waals surface area contributed by atoms with Gasteiger partial charge in [-0.15, -0.1) is 0 Å². The van der Waals surface area contributed by atoms with E-state index in [1.807, 2.05) is 66.7 Å². The van der Waals surface area contributed by atoms with Crippen molar-refractivity contribution in [3.8, 4) is 17.1 Å². The zero-order valence-electron chi connectivity index (χ0n) is 21.5. The summed E-state index contributed by atoms with van der Waals surface area (Å²) in [6.07, 6.45) is -3.06. The highest BCUT2D eigenvalue weighted by atomic mass is 19.4. The van der Waals surface area contributed by atoms with Gasteiger partial charge >= 0.3 is 6.18 Å². The minimum Gasteiger partial charge on any atom is -0.488 e. The van der Waals surface area contributed by atoms with Gasteiger partial charge in [-0.1, -0.05) is 84.9 Å². The van der Waals surface area contributed by atoms with Crippen molar-refractivity contribution >= 4 is 27.9 Å². The van der Waals surface area contributed by atoms with Crippen LogP contribution in [0.4, 0.5) is 13.2 Å². The summed E-state index contributed by atoms with van der Waals surface area (Å²) >= 11 is 0. The number of rotatable bonds is 6. The van der Waals surface area contributed by atoms with Crippen molar-refractivity contribution < 1.29 is 17.9 Å². The van der Waals surface area contributed by atoms with E-state index in [1.165, 1.54) is 18.3 Å². The molecule has 41 heavy (non-hydrogen) atoms. The van der Waals surface area contributed by atoms with Crippen LogP contribution < -0.4 is 10.3 Å². The van der Waals surface area contributed by atoms with E-state index in [-0.39, 0.29) is 11.4 Å². The molecule has 0 aliphatic carbocycles. The number of para-hydroxylation sites is 1. The zero-order valence-corrected chi connectivity index (χ0v) is 21.5. The van der Waals surface area contributed by atoms with Crippen molar-refractivity contribution in [3.63, 3.8) is 0 Å². The lowest BCUT2D eigenvalue weighted by molar-refractivity contribution is -0.137. The molecule has 0 bridgehead atoms. The molecular formula is C33H22F3N3O2. The van der Waals surface area contributed by atoms with Gasteiger partial charge in [0.05, 0.1) is 22.7 Å². The smallest absolute Gasteiger partial charge is 0.416 e. The summed E-state index contributed by atoms with van der Waals surface area (Å²) in [5.74, 6) is 0.529. The number of benzene rings is 5. The molecule has 0 aliphatic heterocycles. The monoisotopic (exact) mass is 549 g/mol. The molecule has 0 fully saturated rings.